The third-order valence-corrected chi connectivity index (χ3v) is 4.06. The Bertz CT molecular complexity index is 651. The Morgan fingerprint density at radius 2 is 1.83 bits per heavy atom. The molecule has 0 radical (unpaired) electrons. The van der Waals surface area contributed by atoms with Crippen LogP contribution in [0.3, 0.4) is 0 Å². The number of aryl methyl sites for hydroxylation is 1. The molecular formula is C19H22N2O2. The Morgan fingerprint density at radius 1 is 1.09 bits per heavy atom. The summed E-state index contributed by atoms with van der Waals surface area (Å²) in [6, 6.07) is 17.5. The fourth-order valence-electron chi connectivity index (χ4n) is 2.93. The van der Waals surface area contributed by atoms with Gasteiger partial charge in [-0.15, -0.1) is 0 Å². The molecule has 4 nitrogen and oxygen atoms in total. The van der Waals surface area contributed by atoms with E-state index in [4.69, 9.17) is 4.74 Å². The first-order valence-corrected chi connectivity index (χ1v) is 7.98. The molecule has 1 unspecified atom stereocenters. The second kappa shape index (κ2) is 7.40. The van der Waals surface area contributed by atoms with E-state index in [9.17, 15) is 4.79 Å². The summed E-state index contributed by atoms with van der Waals surface area (Å²) >= 11 is 0. The molecule has 2 aromatic carbocycles. The normalized spacial score (nSPS) is 16.7. The van der Waals surface area contributed by atoms with Gasteiger partial charge in [0.05, 0.1) is 13.2 Å². The maximum Gasteiger partial charge on any atom is 0.246 e. The zero-order valence-electron chi connectivity index (χ0n) is 13.4. The highest BCUT2D eigenvalue weighted by molar-refractivity contribution is 5.95. The number of amides is 1. The fraction of sp³-hybridized carbons (Fsp3) is 0.316. The molecule has 23 heavy (non-hydrogen) atoms. The van der Waals surface area contributed by atoms with E-state index in [0.717, 1.165) is 29.9 Å². The summed E-state index contributed by atoms with van der Waals surface area (Å²) in [7, 11) is 0. The van der Waals surface area contributed by atoms with Crippen molar-refractivity contribution in [3.05, 3.63) is 65.7 Å². The Hall–Kier alpha value is -2.17. The van der Waals surface area contributed by atoms with E-state index in [1.165, 1.54) is 0 Å². The predicted octanol–water partition coefficient (Wildman–Crippen LogP) is 3.01. The van der Waals surface area contributed by atoms with Crippen molar-refractivity contribution in [2.24, 2.45) is 0 Å². The first kappa shape index (κ1) is 15.7. The molecule has 1 atom stereocenters. The maximum atomic E-state index is 12.9. The number of carbonyl (C=O) groups is 1. The largest absolute Gasteiger partial charge is 0.379 e. The smallest absolute Gasteiger partial charge is 0.246 e. The van der Waals surface area contributed by atoms with Crippen LogP contribution in [-0.2, 0) is 9.53 Å². The Balaban J connectivity index is 1.83. The molecule has 120 valence electrons. The van der Waals surface area contributed by atoms with Gasteiger partial charge >= 0.3 is 0 Å². The van der Waals surface area contributed by atoms with Crippen LogP contribution in [0.5, 0.6) is 0 Å². The summed E-state index contributed by atoms with van der Waals surface area (Å²) in [5.74, 6) is 0.00343. The standard InChI is InChI=1S/C19H22N2O2/c1-15-6-5-9-17(14-15)20-19(22)18(16-7-3-2-4-8-16)21-10-12-23-13-11-21/h2-9,14,18H,10-13H2,1H3,(H,20,22). The van der Waals surface area contributed by atoms with Crippen molar-refractivity contribution in [2.45, 2.75) is 13.0 Å². The molecule has 1 saturated heterocycles. The lowest BCUT2D eigenvalue weighted by Crippen LogP contribution is -2.43. The van der Waals surface area contributed by atoms with Crippen LogP contribution >= 0.6 is 0 Å². The van der Waals surface area contributed by atoms with E-state index >= 15 is 0 Å². The molecular weight excluding hydrogens is 288 g/mol. The Labute approximate surface area is 137 Å². The molecule has 0 aromatic heterocycles. The summed E-state index contributed by atoms with van der Waals surface area (Å²) < 4.78 is 5.43. The second-order valence-electron chi connectivity index (χ2n) is 5.82. The summed E-state index contributed by atoms with van der Waals surface area (Å²) in [5.41, 5.74) is 2.98. The minimum atomic E-state index is -0.291. The van der Waals surface area contributed by atoms with Crippen LogP contribution in [0.4, 0.5) is 5.69 Å². The summed E-state index contributed by atoms with van der Waals surface area (Å²) in [5, 5.41) is 3.06. The average Bonchev–Trinajstić information content (AvgIpc) is 2.57. The van der Waals surface area contributed by atoms with Gasteiger partial charge in [0.1, 0.15) is 6.04 Å². The lowest BCUT2D eigenvalue weighted by atomic mass is 10.0. The van der Waals surface area contributed by atoms with Gasteiger partial charge in [0.25, 0.3) is 0 Å². The number of carbonyl (C=O) groups excluding carboxylic acids is 1. The number of ether oxygens (including phenoxy) is 1. The third-order valence-electron chi connectivity index (χ3n) is 4.06. The van der Waals surface area contributed by atoms with Gasteiger partial charge in [-0.25, -0.2) is 0 Å². The van der Waals surface area contributed by atoms with E-state index in [1.807, 2.05) is 61.5 Å². The highest BCUT2D eigenvalue weighted by Crippen LogP contribution is 2.24. The highest BCUT2D eigenvalue weighted by atomic mass is 16.5. The molecule has 3 rings (SSSR count). The molecule has 0 aliphatic carbocycles. The molecule has 1 amide bonds. The number of anilines is 1. The van der Waals surface area contributed by atoms with E-state index in [2.05, 4.69) is 10.2 Å². The van der Waals surface area contributed by atoms with Crippen LogP contribution in [0, 0.1) is 6.92 Å². The van der Waals surface area contributed by atoms with Crippen molar-refractivity contribution >= 4 is 11.6 Å². The average molecular weight is 310 g/mol. The molecule has 1 aliphatic heterocycles. The van der Waals surface area contributed by atoms with Crippen molar-refractivity contribution in [2.75, 3.05) is 31.6 Å². The van der Waals surface area contributed by atoms with Gasteiger partial charge in [-0.05, 0) is 30.2 Å². The van der Waals surface area contributed by atoms with E-state index in [-0.39, 0.29) is 11.9 Å². The number of nitrogens with one attached hydrogen (secondary N) is 1. The molecule has 1 fully saturated rings. The van der Waals surface area contributed by atoms with Gasteiger partial charge in [-0.2, -0.15) is 0 Å². The van der Waals surface area contributed by atoms with Gasteiger partial charge in [0, 0.05) is 18.8 Å². The molecule has 4 heteroatoms. The Kier molecular flexibility index (Phi) is 5.05. The number of hydrogen-bond donors (Lipinski definition) is 1. The summed E-state index contributed by atoms with van der Waals surface area (Å²) in [6.07, 6.45) is 0. The van der Waals surface area contributed by atoms with Crippen molar-refractivity contribution in [1.82, 2.24) is 4.90 Å². The van der Waals surface area contributed by atoms with Crippen LogP contribution in [0.25, 0.3) is 0 Å². The number of hydrogen-bond acceptors (Lipinski definition) is 3. The van der Waals surface area contributed by atoms with Crippen molar-refractivity contribution in [3.63, 3.8) is 0 Å². The lowest BCUT2D eigenvalue weighted by molar-refractivity contribution is -0.123. The highest BCUT2D eigenvalue weighted by Gasteiger charge is 2.28. The number of nitrogens with zero attached hydrogens (tertiary/aromatic N) is 1. The zero-order chi connectivity index (χ0) is 16.1. The molecule has 1 aliphatic rings. The zero-order valence-corrected chi connectivity index (χ0v) is 13.4. The number of rotatable bonds is 4. The van der Waals surface area contributed by atoms with Crippen LogP contribution < -0.4 is 5.32 Å². The number of morpholine rings is 1. The van der Waals surface area contributed by atoms with Crippen molar-refractivity contribution in [1.29, 1.82) is 0 Å². The molecule has 1 N–H and O–H groups in total. The maximum absolute atomic E-state index is 12.9. The minimum absolute atomic E-state index is 0.00343. The predicted molar refractivity (Wildman–Crippen MR) is 91.4 cm³/mol. The minimum Gasteiger partial charge on any atom is -0.379 e. The van der Waals surface area contributed by atoms with E-state index in [0.29, 0.717) is 13.2 Å². The van der Waals surface area contributed by atoms with Crippen molar-refractivity contribution in [3.8, 4) is 0 Å². The van der Waals surface area contributed by atoms with E-state index < -0.39 is 0 Å². The molecule has 1 heterocycles. The van der Waals surface area contributed by atoms with Crippen LogP contribution in [0.2, 0.25) is 0 Å². The first-order chi connectivity index (χ1) is 11.2. The van der Waals surface area contributed by atoms with E-state index in [1.54, 1.807) is 0 Å². The van der Waals surface area contributed by atoms with Gasteiger partial charge in [-0.1, -0.05) is 42.5 Å². The van der Waals surface area contributed by atoms with Crippen LogP contribution in [0.15, 0.2) is 54.6 Å². The molecule has 2 aromatic rings. The molecule has 0 spiro atoms. The second-order valence-corrected chi connectivity index (χ2v) is 5.82. The molecule has 0 saturated carbocycles. The quantitative estimate of drug-likeness (QED) is 0.944. The fourth-order valence-corrected chi connectivity index (χ4v) is 2.93. The Morgan fingerprint density at radius 3 is 2.52 bits per heavy atom. The van der Waals surface area contributed by atoms with Gasteiger partial charge in [0.2, 0.25) is 5.91 Å². The van der Waals surface area contributed by atoms with Gasteiger partial charge in [-0.3, -0.25) is 9.69 Å². The molecule has 0 bridgehead atoms. The van der Waals surface area contributed by atoms with Gasteiger partial charge in [0.15, 0.2) is 0 Å². The SMILES string of the molecule is Cc1cccc(NC(=O)C(c2ccccc2)N2CCOCC2)c1. The first-order valence-electron chi connectivity index (χ1n) is 7.98. The summed E-state index contributed by atoms with van der Waals surface area (Å²) in [4.78, 5) is 15.1. The number of benzene rings is 2. The monoisotopic (exact) mass is 310 g/mol. The topological polar surface area (TPSA) is 41.6 Å². The van der Waals surface area contributed by atoms with Crippen LogP contribution in [0.1, 0.15) is 17.2 Å². The van der Waals surface area contributed by atoms with Gasteiger partial charge < -0.3 is 10.1 Å². The van der Waals surface area contributed by atoms with Crippen molar-refractivity contribution < 1.29 is 9.53 Å². The van der Waals surface area contributed by atoms with Crippen LogP contribution in [-0.4, -0.2) is 37.1 Å². The summed E-state index contributed by atoms with van der Waals surface area (Å²) in [6.45, 7) is 4.88. The lowest BCUT2D eigenvalue weighted by Gasteiger charge is -2.33. The third kappa shape index (κ3) is 3.97.